The summed E-state index contributed by atoms with van der Waals surface area (Å²) in [6.45, 7) is 3.30. The molecule has 0 aromatic heterocycles. The summed E-state index contributed by atoms with van der Waals surface area (Å²) in [6.07, 6.45) is 0.500. The Labute approximate surface area is 114 Å². The molecule has 0 spiro atoms. The quantitative estimate of drug-likeness (QED) is 0.641. The number of anilines is 1. The number of nitrogens with zero attached hydrogens (tertiary/aromatic N) is 1. The molecule has 110 valence electrons. The summed E-state index contributed by atoms with van der Waals surface area (Å²) >= 11 is 0. The van der Waals surface area contributed by atoms with Gasteiger partial charge >= 0.3 is 0 Å². The van der Waals surface area contributed by atoms with E-state index in [-0.39, 0.29) is 12.8 Å². The lowest BCUT2D eigenvalue weighted by Gasteiger charge is -2.25. The monoisotopic (exact) mass is 287 g/mol. The number of benzene rings is 1. The minimum Gasteiger partial charge on any atom is -0.317 e. The Hall–Kier alpha value is -2.09. The SMILES string of the molecule is CCC(N)(CC)C(=O)Nc1c([N+](=O)[O-])ccc(F)c1F. The van der Waals surface area contributed by atoms with Gasteiger partial charge in [-0.15, -0.1) is 0 Å². The van der Waals surface area contributed by atoms with Crippen LogP contribution >= 0.6 is 0 Å². The molecule has 1 aromatic carbocycles. The summed E-state index contributed by atoms with van der Waals surface area (Å²) in [6, 6.07) is 1.41. The van der Waals surface area contributed by atoms with Gasteiger partial charge < -0.3 is 11.1 Å². The lowest BCUT2D eigenvalue weighted by Crippen LogP contribution is -2.50. The third-order valence-corrected chi connectivity index (χ3v) is 3.22. The molecule has 0 unspecified atom stereocenters. The zero-order valence-corrected chi connectivity index (χ0v) is 11.1. The van der Waals surface area contributed by atoms with E-state index < -0.39 is 39.4 Å². The maximum atomic E-state index is 13.6. The predicted octanol–water partition coefficient (Wildman–Crippen LogP) is 2.33. The molecule has 0 aliphatic rings. The highest BCUT2D eigenvalue weighted by atomic mass is 19.2. The highest BCUT2D eigenvalue weighted by Crippen LogP contribution is 2.30. The van der Waals surface area contributed by atoms with Gasteiger partial charge in [0, 0.05) is 6.07 Å². The van der Waals surface area contributed by atoms with E-state index in [2.05, 4.69) is 0 Å². The van der Waals surface area contributed by atoms with Crippen molar-refractivity contribution in [1.29, 1.82) is 0 Å². The van der Waals surface area contributed by atoms with Crippen molar-refractivity contribution in [2.45, 2.75) is 32.2 Å². The molecule has 3 N–H and O–H groups in total. The molecule has 1 rings (SSSR count). The van der Waals surface area contributed by atoms with Crippen molar-refractivity contribution in [3.63, 3.8) is 0 Å². The molecule has 0 saturated heterocycles. The van der Waals surface area contributed by atoms with E-state index in [9.17, 15) is 23.7 Å². The van der Waals surface area contributed by atoms with Crippen molar-refractivity contribution < 1.29 is 18.5 Å². The molecule has 1 aromatic rings. The molecule has 0 fully saturated rings. The third-order valence-electron chi connectivity index (χ3n) is 3.22. The van der Waals surface area contributed by atoms with Crippen LogP contribution in [-0.2, 0) is 4.79 Å². The van der Waals surface area contributed by atoms with Gasteiger partial charge in [-0.2, -0.15) is 0 Å². The summed E-state index contributed by atoms with van der Waals surface area (Å²) in [5.41, 5.74) is 2.97. The summed E-state index contributed by atoms with van der Waals surface area (Å²) in [5.74, 6) is -3.57. The van der Waals surface area contributed by atoms with Crippen molar-refractivity contribution >= 4 is 17.3 Å². The summed E-state index contributed by atoms with van der Waals surface area (Å²) in [4.78, 5) is 21.9. The molecule has 0 aliphatic heterocycles. The van der Waals surface area contributed by atoms with Crippen LogP contribution in [0.25, 0.3) is 0 Å². The van der Waals surface area contributed by atoms with Gasteiger partial charge in [0.15, 0.2) is 17.3 Å². The first-order valence-electron chi connectivity index (χ1n) is 5.99. The molecule has 6 nitrogen and oxygen atoms in total. The van der Waals surface area contributed by atoms with Gasteiger partial charge in [0.05, 0.1) is 10.5 Å². The molecular weight excluding hydrogens is 272 g/mol. The van der Waals surface area contributed by atoms with Gasteiger partial charge in [-0.3, -0.25) is 14.9 Å². The number of nitrogens with one attached hydrogen (secondary N) is 1. The summed E-state index contributed by atoms with van der Waals surface area (Å²) in [5, 5.41) is 12.8. The van der Waals surface area contributed by atoms with Gasteiger partial charge in [0.25, 0.3) is 5.69 Å². The Bertz CT molecular complexity index is 545. The molecule has 0 radical (unpaired) electrons. The van der Waals surface area contributed by atoms with E-state index in [1.807, 2.05) is 5.32 Å². The van der Waals surface area contributed by atoms with Crippen LogP contribution < -0.4 is 11.1 Å². The first kappa shape index (κ1) is 16.0. The molecule has 0 saturated carbocycles. The molecule has 0 bridgehead atoms. The van der Waals surface area contributed by atoms with Crippen LogP contribution in [0.15, 0.2) is 12.1 Å². The van der Waals surface area contributed by atoms with Crippen LogP contribution in [0.1, 0.15) is 26.7 Å². The smallest absolute Gasteiger partial charge is 0.296 e. The number of carbonyl (C=O) groups is 1. The van der Waals surface area contributed by atoms with Gasteiger partial charge in [0.2, 0.25) is 5.91 Å². The van der Waals surface area contributed by atoms with Crippen LogP contribution in [0.2, 0.25) is 0 Å². The van der Waals surface area contributed by atoms with Crippen LogP contribution in [0, 0.1) is 21.7 Å². The lowest BCUT2D eigenvalue weighted by molar-refractivity contribution is -0.384. The number of nitro groups is 1. The second-order valence-corrected chi connectivity index (χ2v) is 4.33. The van der Waals surface area contributed by atoms with Gasteiger partial charge in [-0.25, -0.2) is 8.78 Å². The molecule has 20 heavy (non-hydrogen) atoms. The molecule has 0 heterocycles. The normalized spacial score (nSPS) is 11.2. The van der Waals surface area contributed by atoms with Gasteiger partial charge in [0.1, 0.15) is 0 Å². The van der Waals surface area contributed by atoms with Crippen LogP contribution in [0.5, 0.6) is 0 Å². The molecule has 1 amide bonds. The fourth-order valence-electron chi connectivity index (χ4n) is 1.62. The predicted molar refractivity (Wildman–Crippen MR) is 69.1 cm³/mol. The topological polar surface area (TPSA) is 98.3 Å². The number of carbonyl (C=O) groups excluding carboxylic acids is 1. The number of nitrogens with two attached hydrogens (primary N) is 1. The Morgan fingerprint density at radius 2 is 1.95 bits per heavy atom. The number of hydrogen-bond acceptors (Lipinski definition) is 4. The first-order chi connectivity index (χ1) is 9.26. The minimum atomic E-state index is -1.48. The second-order valence-electron chi connectivity index (χ2n) is 4.33. The number of hydrogen-bond donors (Lipinski definition) is 2. The van der Waals surface area contributed by atoms with Crippen molar-refractivity contribution in [1.82, 2.24) is 0 Å². The van der Waals surface area contributed by atoms with Crippen molar-refractivity contribution in [2.24, 2.45) is 5.73 Å². The Morgan fingerprint density at radius 3 is 2.40 bits per heavy atom. The lowest BCUT2D eigenvalue weighted by atomic mass is 9.93. The number of nitro benzene ring substituents is 1. The standard InChI is InChI=1S/C12H15F2N3O3/c1-3-12(15,4-2)11(18)16-10-8(17(19)20)6-5-7(13)9(10)14/h5-6H,3-4,15H2,1-2H3,(H,16,18). The average molecular weight is 287 g/mol. The maximum Gasteiger partial charge on any atom is 0.296 e. The Morgan fingerprint density at radius 1 is 1.40 bits per heavy atom. The highest BCUT2D eigenvalue weighted by Gasteiger charge is 2.33. The third kappa shape index (κ3) is 2.90. The molecule has 0 aliphatic carbocycles. The van der Waals surface area contributed by atoms with Crippen LogP contribution in [-0.4, -0.2) is 16.4 Å². The summed E-state index contributed by atoms with van der Waals surface area (Å²) in [7, 11) is 0. The van der Waals surface area contributed by atoms with Crippen molar-refractivity contribution in [2.75, 3.05) is 5.32 Å². The van der Waals surface area contributed by atoms with E-state index in [1.165, 1.54) is 0 Å². The van der Waals surface area contributed by atoms with Gasteiger partial charge in [-0.1, -0.05) is 13.8 Å². The van der Waals surface area contributed by atoms with E-state index in [1.54, 1.807) is 13.8 Å². The second kappa shape index (κ2) is 5.91. The van der Waals surface area contributed by atoms with Crippen molar-refractivity contribution in [3.05, 3.63) is 33.9 Å². The Kier molecular flexibility index (Phi) is 4.72. The minimum absolute atomic E-state index is 0.250. The fraction of sp³-hybridized carbons (Fsp3) is 0.417. The zero-order valence-electron chi connectivity index (χ0n) is 11.1. The van der Waals surface area contributed by atoms with Gasteiger partial charge in [-0.05, 0) is 18.9 Å². The molecule has 8 heteroatoms. The van der Waals surface area contributed by atoms with E-state index >= 15 is 0 Å². The summed E-state index contributed by atoms with van der Waals surface area (Å²) < 4.78 is 26.8. The first-order valence-corrected chi connectivity index (χ1v) is 5.99. The molecular formula is C12H15F2N3O3. The van der Waals surface area contributed by atoms with Crippen molar-refractivity contribution in [3.8, 4) is 0 Å². The van der Waals surface area contributed by atoms with E-state index in [0.717, 1.165) is 6.07 Å². The zero-order chi connectivity index (χ0) is 15.5. The maximum absolute atomic E-state index is 13.6. The Balaban J connectivity index is 3.24. The average Bonchev–Trinajstić information content (AvgIpc) is 2.42. The molecule has 0 atom stereocenters. The van der Waals surface area contributed by atoms with Crippen LogP contribution in [0.3, 0.4) is 0 Å². The van der Waals surface area contributed by atoms with E-state index in [4.69, 9.17) is 5.73 Å². The fourth-order valence-corrected chi connectivity index (χ4v) is 1.62. The number of halogens is 2. The number of rotatable bonds is 5. The van der Waals surface area contributed by atoms with E-state index in [0.29, 0.717) is 6.07 Å². The highest BCUT2D eigenvalue weighted by molar-refractivity contribution is 5.99. The van der Waals surface area contributed by atoms with Crippen LogP contribution in [0.4, 0.5) is 20.2 Å². The number of amides is 1. The largest absolute Gasteiger partial charge is 0.317 e.